The Morgan fingerprint density at radius 2 is 0.593 bits per heavy atom. The van der Waals surface area contributed by atoms with E-state index in [4.69, 9.17) is 71.1 Å². The molecule has 3 aliphatic rings. The normalized spacial score (nSPS) is 23.9. The van der Waals surface area contributed by atoms with E-state index < -0.39 is 97.4 Å². The third-order valence-electron chi connectivity index (χ3n) is 21.1. The average molecular weight is 1610 g/mol. The first-order valence-corrected chi connectivity index (χ1v) is 41.9. The van der Waals surface area contributed by atoms with Crippen molar-refractivity contribution in [2.45, 2.75) is 338 Å². The first kappa shape index (κ1) is 101. The molecule has 3 saturated heterocycles. The number of ether oxygens (including phenoxy) is 15. The summed E-state index contributed by atoms with van der Waals surface area (Å²) < 4.78 is 85.5. The van der Waals surface area contributed by atoms with Crippen molar-refractivity contribution in [2.24, 2.45) is 40.9 Å². The van der Waals surface area contributed by atoms with Crippen LogP contribution in [0.5, 0.6) is 0 Å². The van der Waals surface area contributed by atoms with Gasteiger partial charge in [-0.05, 0) is 102 Å². The Morgan fingerprint density at radius 3 is 0.929 bits per heavy atom. The number of carbonyl (C=O) groups excluding carboxylic acids is 12. The third kappa shape index (κ3) is 44.9. The molecule has 3 amide bonds. The van der Waals surface area contributed by atoms with Gasteiger partial charge in [0.1, 0.15) is 62.2 Å². The molecule has 0 aromatic heterocycles. The van der Waals surface area contributed by atoms with Crippen LogP contribution in [0.2, 0.25) is 0 Å². The maximum absolute atomic E-state index is 12.8. The summed E-state index contributed by atoms with van der Waals surface area (Å²) in [6, 6.07) is 0. The molecule has 30 nitrogen and oxygen atoms in total. The number of hydrogen-bond donors (Lipinski definition) is 3. The van der Waals surface area contributed by atoms with Crippen LogP contribution in [0.15, 0.2) is 0 Å². The SMILES string of the molecule is CC(=O)OCC1OC(OCCCC(=O)CCCCCCCNC(=O)OCCCC(C)(CCCOC(=O)CCCCCCCNC(=O)CCCOC2OC(COC(C)=O)C(C)C(OC(C)=O)C2C)CCCOC(=O)CCCCCCCNC(=O)CCCOC2OC(COC(C)=O)C(C)C(OC(C)=O)C2C)C(C)C(OC(C)=O)C1C. The molecule has 650 valence electrons. The van der Waals surface area contributed by atoms with Crippen molar-refractivity contribution in [3.8, 4) is 0 Å². The lowest BCUT2D eigenvalue weighted by Crippen LogP contribution is -2.53. The zero-order valence-corrected chi connectivity index (χ0v) is 70.4. The van der Waals surface area contributed by atoms with Crippen LogP contribution in [-0.4, -0.2) is 206 Å². The van der Waals surface area contributed by atoms with Crippen molar-refractivity contribution in [2.75, 3.05) is 79.1 Å². The second-order valence-electron chi connectivity index (χ2n) is 31.3. The summed E-state index contributed by atoms with van der Waals surface area (Å²) in [6.45, 7) is 24.5. The number of amides is 3. The summed E-state index contributed by atoms with van der Waals surface area (Å²) >= 11 is 0. The Balaban J connectivity index is 1.33. The molecule has 15 unspecified atom stereocenters. The molecule has 0 saturated carbocycles. The van der Waals surface area contributed by atoms with Gasteiger partial charge in [0.05, 0.1) is 39.6 Å². The Kier molecular flexibility index (Phi) is 51.9. The van der Waals surface area contributed by atoms with Crippen LogP contribution >= 0.6 is 0 Å². The molecule has 15 atom stereocenters. The minimum absolute atomic E-state index is 0.00270. The Morgan fingerprint density at radius 1 is 0.301 bits per heavy atom. The smallest absolute Gasteiger partial charge is 0.407 e. The van der Waals surface area contributed by atoms with Crippen molar-refractivity contribution in [3.05, 3.63) is 0 Å². The molecule has 3 rings (SSSR count). The number of esters is 8. The fourth-order valence-corrected chi connectivity index (χ4v) is 14.5. The van der Waals surface area contributed by atoms with E-state index in [1.165, 1.54) is 41.5 Å². The molecule has 0 radical (unpaired) electrons. The standard InChI is InChI=1S/C83H141N3O27/c1-56-69(53-105-62(7)87)111-79(59(4)76(56)108-65(10)90)101-47-29-36-68(93)35-23-17-14-22-28-46-86-82(98)104-52-34-43-83(13,41-32-50-99-74(96)39-24-18-15-20-26-44-84-72(94)37-30-48-102-80-60(5)77(109-66(11)91)57(2)70(112-80)54-106-63(8)88)42-33-51-100-75(97)40-25-19-16-21-27-45-85-73(95)38-31-49-103-81-61(6)78(110-67(12)92)58(3)71(113-81)55-107-64(9)89/h56-61,69-71,76-81H,14-55H2,1-13H3,(H,84,94)(H,85,95)(H,86,98). The maximum Gasteiger partial charge on any atom is 0.407 e. The van der Waals surface area contributed by atoms with Gasteiger partial charge in [-0.25, -0.2) is 4.79 Å². The average Bonchev–Trinajstić information content (AvgIpc) is 0.818. The molecule has 3 heterocycles. The highest BCUT2D eigenvalue weighted by atomic mass is 16.7. The number of alkyl carbamates (subject to hydrolysis) is 1. The minimum Gasteiger partial charge on any atom is -0.466 e. The summed E-state index contributed by atoms with van der Waals surface area (Å²) in [6.07, 6.45) is 14.2. The first-order chi connectivity index (χ1) is 53.9. The fraction of sp³-hybridized carbons (Fsp3) is 0.855. The second kappa shape index (κ2) is 58.3. The molecule has 0 aromatic rings. The Hall–Kier alpha value is -6.60. The van der Waals surface area contributed by atoms with Crippen molar-refractivity contribution in [1.82, 2.24) is 16.0 Å². The molecule has 0 spiro atoms. The van der Waals surface area contributed by atoms with Crippen LogP contribution in [0.3, 0.4) is 0 Å². The van der Waals surface area contributed by atoms with E-state index in [9.17, 15) is 57.5 Å². The quantitative estimate of drug-likeness (QED) is 0.0289. The van der Waals surface area contributed by atoms with Crippen molar-refractivity contribution in [1.29, 1.82) is 0 Å². The van der Waals surface area contributed by atoms with Crippen LogP contribution in [-0.2, 0) is 124 Å². The zero-order chi connectivity index (χ0) is 83.5. The highest BCUT2D eigenvalue weighted by Gasteiger charge is 2.47. The highest BCUT2D eigenvalue weighted by molar-refractivity contribution is 5.78. The van der Waals surface area contributed by atoms with Crippen molar-refractivity contribution < 1.29 is 129 Å². The largest absolute Gasteiger partial charge is 0.466 e. The van der Waals surface area contributed by atoms with Gasteiger partial charge in [0.15, 0.2) is 18.9 Å². The molecular formula is C83H141N3O27. The Bertz CT molecular complexity index is 2520. The topological polar surface area (TPSA) is 379 Å². The van der Waals surface area contributed by atoms with Gasteiger partial charge in [-0.2, -0.15) is 0 Å². The predicted octanol–water partition coefficient (Wildman–Crippen LogP) is 11.8. The van der Waals surface area contributed by atoms with Crippen LogP contribution in [0.25, 0.3) is 0 Å². The molecule has 3 fully saturated rings. The van der Waals surface area contributed by atoms with Crippen molar-refractivity contribution >= 4 is 71.4 Å². The maximum atomic E-state index is 12.8. The van der Waals surface area contributed by atoms with Gasteiger partial charge in [-0.3, -0.25) is 52.7 Å². The van der Waals surface area contributed by atoms with Gasteiger partial charge in [0, 0.05) is 135 Å². The number of ketones is 1. The number of unbranched alkanes of at least 4 members (excludes halogenated alkanes) is 12. The summed E-state index contributed by atoms with van der Waals surface area (Å²) in [5, 5.41) is 8.76. The first-order valence-electron chi connectivity index (χ1n) is 41.9. The summed E-state index contributed by atoms with van der Waals surface area (Å²) in [7, 11) is 0. The lowest BCUT2D eigenvalue weighted by Gasteiger charge is -2.43. The van der Waals surface area contributed by atoms with Crippen LogP contribution in [0, 0.1) is 40.9 Å². The highest BCUT2D eigenvalue weighted by Crippen LogP contribution is 2.38. The monoisotopic (exact) mass is 1610 g/mol. The molecular weight excluding hydrogens is 1470 g/mol. The van der Waals surface area contributed by atoms with E-state index in [1.807, 2.05) is 41.5 Å². The van der Waals surface area contributed by atoms with Crippen LogP contribution in [0.4, 0.5) is 4.79 Å². The lowest BCUT2D eigenvalue weighted by atomic mass is 9.77. The second-order valence-corrected chi connectivity index (χ2v) is 31.3. The van der Waals surface area contributed by atoms with Crippen LogP contribution in [0.1, 0.15) is 283 Å². The number of carbonyl (C=O) groups is 12. The van der Waals surface area contributed by atoms with E-state index in [2.05, 4.69) is 22.9 Å². The molecule has 113 heavy (non-hydrogen) atoms. The Labute approximate surface area is 671 Å². The molecule has 3 aliphatic heterocycles. The lowest BCUT2D eigenvalue weighted by molar-refractivity contribution is -0.272. The molecule has 0 aliphatic carbocycles. The van der Waals surface area contributed by atoms with Gasteiger partial charge in [-0.1, -0.05) is 106 Å². The van der Waals surface area contributed by atoms with Gasteiger partial charge < -0.3 is 87.0 Å². The van der Waals surface area contributed by atoms with E-state index in [1.54, 1.807) is 0 Å². The van der Waals surface area contributed by atoms with Gasteiger partial charge in [-0.15, -0.1) is 0 Å². The van der Waals surface area contributed by atoms with E-state index in [0.717, 1.165) is 103 Å². The zero-order valence-electron chi connectivity index (χ0n) is 70.4. The molecule has 3 N–H and O–H groups in total. The number of rotatable bonds is 60. The van der Waals surface area contributed by atoms with Gasteiger partial charge in [0.2, 0.25) is 11.8 Å². The van der Waals surface area contributed by atoms with E-state index in [-0.39, 0.29) is 143 Å². The van der Waals surface area contributed by atoms with E-state index >= 15 is 0 Å². The fourth-order valence-electron chi connectivity index (χ4n) is 14.5. The summed E-state index contributed by atoms with van der Waals surface area (Å²) in [4.78, 5) is 146. The minimum atomic E-state index is -0.710. The molecule has 0 aromatic carbocycles. The van der Waals surface area contributed by atoms with E-state index in [0.29, 0.717) is 96.7 Å². The van der Waals surface area contributed by atoms with Crippen LogP contribution < -0.4 is 16.0 Å². The number of Topliss-reactive ketones (excluding diaryl/α,β-unsaturated/α-hetero) is 1. The number of nitrogens with one attached hydrogen (secondary N) is 3. The van der Waals surface area contributed by atoms with Gasteiger partial charge in [0.25, 0.3) is 0 Å². The predicted molar refractivity (Wildman–Crippen MR) is 414 cm³/mol. The molecule has 0 bridgehead atoms. The molecule has 30 heteroatoms. The summed E-state index contributed by atoms with van der Waals surface area (Å²) in [5.74, 6) is -4.67. The number of hydrogen-bond acceptors (Lipinski definition) is 27. The van der Waals surface area contributed by atoms with Gasteiger partial charge >= 0.3 is 53.8 Å². The third-order valence-corrected chi connectivity index (χ3v) is 21.1. The van der Waals surface area contributed by atoms with Crippen molar-refractivity contribution in [3.63, 3.8) is 0 Å². The summed E-state index contributed by atoms with van der Waals surface area (Å²) in [5.41, 5.74) is -0.222.